The maximum atomic E-state index is 13.2. The number of hydrogen-bond acceptors (Lipinski definition) is 5. The Morgan fingerprint density at radius 1 is 1.10 bits per heavy atom. The van der Waals surface area contributed by atoms with E-state index >= 15 is 0 Å². The van der Waals surface area contributed by atoms with Gasteiger partial charge in [-0.25, -0.2) is 0 Å². The lowest BCUT2D eigenvalue weighted by Crippen LogP contribution is -2.30. The van der Waals surface area contributed by atoms with Gasteiger partial charge in [-0.3, -0.25) is 14.6 Å². The lowest BCUT2D eigenvalue weighted by atomic mass is 10.1. The molecule has 2 aromatic heterocycles. The lowest BCUT2D eigenvalue weighted by Gasteiger charge is -2.22. The number of halogens is 2. The van der Waals surface area contributed by atoms with Crippen LogP contribution in [-0.4, -0.2) is 33.4 Å². The highest BCUT2D eigenvalue weighted by molar-refractivity contribution is 6.36. The fraction of sp³-hybridized carbons (Fsp3) is 0.273. The molecule has 0 radical (unpaired) electrons. The molecule has 0 saturated carbocycles. The average Bonchev–Trinajstić information content (AvgIpc) is 3.20. The van der Waals surface area contributed by atoms with E-state index in [1.165, 1.54) is 12.1 Å². The number of rotatable bonds is 8. The first-order valence-corrected chi connectivity index (χ1v) is 10.5. The van der Waals surface area contributed by atoms with Gasteiger partial charge in [0.1, 0.15) is 0 Å². The van der Waals surface area contributed by atoms with Crippen molar-refractivity contribution in [3.8, 4) is 0 Å². The molecule has 162 valence electrons. The van der Waals surface area contributed by atoms with E-state index in [4.69, 9.17) is 27.7 Å². The molecule has 0 aliphatic rings. The highest BCUT2D eigenvalue weighted by Crippen LogP contribution is 2.24. The number of amides is 2. The minimum absolute atomic E-state index is 0.102. The standard InChI is InChI=1S/C22H22Cl2N4O3/c1-14(2)11-26-21(29)20-10-17(31-27-20)13-28(12-15-5-7-25-8-6-15)22(30)18-4-3-16(23)9-19(18)24/h3-10,14H,11-13H2,1-2H3,(H,26,29). The van der Waals surface area contributed by atoms with E-state index in [0.717, 1.165) is 5.56 Å². The molecule has 1 N–H and O–H groups in total. The Hall–Kier alpha value is -2.90. The molecule has 3 aromatic rings. The molecular weight excluding hydrogens is 439 g/mol. The summed E-state index contributed by atoms with van der Waals surface area (Å²) in [7, 11) is 0. The van der Waals surface area contributed by atoms with Gasteiger partial charge in [0.05, 0.1) is 17.1 Å². The van der Waals surface area contributed by atoms with Gasteiger partial charge >= 0.3 is 0 Å². The van der Waals surface area contributed by atoms with Crippen LogP contribution in [0.1, 0.15) is 46.0 Å². The smallest absolute Gasteiger partial charge is 0.273 e. The van der Waals surface area contributed by atoms with Gasteiger partial charge < -0.3 is 14.7 Å². The SMILES string of the molecule is CC(C)CNC(=O)c1cc(CN(Cc2ccncc2)C(=O)c2ccc(Cl)cc2Cl)on1. The summed E-state index contributed by atoms with van der Waals surface area (Å²) in [5.41, 5.74) is 1.36. The molecule has 0 aliphatic carbocycles. The van der Waals surface area contributed by atoms with Gasteiger partial charge in [0, 0.05) is 36.6 Å². The molecule has 2 amide bonds. The summed E-state index contributed by atoms with van der Waals surface area (Å²) in [6.07, 6.45) is 3.30. The third-order valence-corrected chi connectivity index (χ3v) is 4.93. The van der Waals surface area contributed by atoms with Gasteiger partial charge in [0.2, 0.25) is 0 Å². The zero-order valence-electron chi connectivity index (χ0n) is 17.1. The number of nitrogens with one attached hydrogen (secondary N) is 1. The topological polar surface area (TPSA) is 88.3 Å². The zero-order valence-corrected chi connectivity index (χ0v) is 18.7. The second-order valence-corrected chi connectivity index (χ2v) is 8.27. The van der Waals surface area contributed by atoms with Crippen molar-refractivity contribution in [2.45, 2.75) is 26.9 Å². The van der Waals surface area contributed by atoms with E-state index in [9.17, 15) is 9.59 Å². The number of nitrogens with zero attached hydrogens (tertiary/aromatic N) is 3. The van der Waals surface area contributed by atoms with Crippen LogP contribution in [0.3, 0.4) is 0 Å². The minimum atomic E-state index is -0.323. The molecule has 31 heavy (non-hydrogen) atoms. The first-order chi connectivity index (χ1) is 14.8. The summed E-state index contributed by atoms with van der Waals surface area (Å²) in [6, 6.07) is 9.87. The first-order valence-electron chi connectivity index (χ1n) is 9.70. The Morgan fingerprint density at radius 2 is 1.84 bits per heavy atom. The Labute approximate surface area is 190 Å². The maximum absolute atomic E-state index is 13.2. The van der Waals surface area contributed by atoms with Crippen LogP contribution in [-0.2, 0) is 13.1 Å². The third-order valence-electron chi connectivity index (χ3n) is 4.38. The minimum Gasteiger partial charge on any atom is -0.359 e. The molecule has 0 aliphatic heterocycles. The van der Waals surface area contributed by atoms with Crippen molar-refractivity contribution in [1.82, 2.24) is 20.4 Å². The predicted molar refractivity (Wildman–Crippen MR) is 118 cm³/mol. The molecule has 3 rings (SSSR count). The van der Waals surface area contributed by atoms with E-state index in [1.54, 1.807) is 29.4 Å². The average molecular weight is 461 g/mol. The van der Waals surface area contributed by atoms with Gasteiger partial charge in [0.25, 0.3) is 11.8 Å². The molecule has 0 saturated heterocycles. The van der Waals surface area contributed by atoms with Crippen molar-refractivity contribution in [3.05, 3.63) is 81.4 Å². The molecule has 9 heteroatoms. The Kier molecular flexibility index (Phi) is 7.65. The van der Waals surface area contributed by atoms with E-state index in [-0.39, 0.29) is 35.6 Å². The second-order valence-electron chi connectivity index (χ2n) is 7.42. The fourth-order valence-electron chi connectivity index (χ4n) is 2.81. The van der Waals surface area contributed by atoms with Crippen LogP contribution in [0.2, 0.25) is 10.0 Å². The zero-order chi connectivity index (χ0) is 22.4. The van der Waals surface area contributed by atoms with Crippen molar-refractivity contribution >= 4 is 35.0 Å². The summed E-state index contributed by atoms with van der Waals surface area (Å²) in [6.45, 7) is 4.92. The van der Waals surface area contributed by atoms with Crippen LogP contribution >= 0.6 is 23.2 Å². The molecule has 7 nitrogen and oxygen atoms in total. The quantitative estimate of drug-likeness (QED) is 0.530. The molecule has 0 atom stereocenters. The molecule has 0 spiro atoms. The highest BCUT2D eigenvalue weighted by atomic mass is 35.5. The van der Waals surface area contributed by atoms with Crippen LogP contribution < -0.4 is 5.32 Å². The summed E-state index contributed by atoms with van der Waals surface area (Å²) in [4.78, 5) is 31.0. The predicted octanol–water partition coefficient (Wildman–Crippen LogP) is 4.60. The molecular formula is C22H22Cl2N4O3. The summed E-state index contributed by atoms with van der Waals surface area (Å²) < 4.78 is 5.33. The van der Waals surface area contributed by atoms with Crippen molar-refractivity contribution in [1.29, 1.82) is 0 Å². The van der Waals surface area contributed by atoms with Crippen LogP contribution in [0.4, 0.5) is 0 Å². The van der Waals surface area contributed by atoms with Gasteiger partial charge in [-0.1, -0.05) is 42.2 Å². The monoisotopic (exact) mass is 460 g/mol. The fourth-order valence-corrected chi connectivity index (χ4v) is 3.30. The second kappa shape index (κ2) is 10.4. The Morgan fingerprint density at radius 3 is 2.52 bits per heavy atom. The Balaban J connectivity index is 1.82. The van der Waals surface area contributed by atoms with E-state index in [1.807, 2.05) is 26.0 Å². The van der Waals surface area contributed by atoms with Crippen molar-refractivity contribution < 1.29 is 14.1 Å². The Bertz CT molecular complexity index is 1050. The largest absolute Gasteiger partial charge is 0.359 e. The summed E-state index contributed by atoms with van der Waals surface area (Å²) in [5, 5.41) is 7.32. The van der Waals surface area contributed by atoms with Gasteiger partial charge in [0.15, 0.2) is 11.5 Å². The number of carbonyl (C=O) groups excluding carboxylic acids is 2. The molecule has 0 unspecified atom stereocenters. The van der Waals surface area contributed by atoms with Crippen molar-refractivity contribution in [2.24, 2.45) is 5.92 Å². The molecule has 0 fully saturated rings. The van der Waals surface area contributed by atoms with Gasteiger partial charge in [-0.05, 0) is 41.8 Å². The van der Waals surface area contributed by atoms with Crippen LogP contribution in [0, 0.1) is 5.92 Å². The molecule has 0 bridgehead atoms. The van der Waals surface area contributed by atoms with Gasteiger partial charge in [-0.2, -0.15) is 0 Å². The van der Waals surface area contributed by atoms with Crippen molar-refractivity contribution in [2.75, 3.05) is 6.54 Å². The van der Waals surface area contributed by atoms with E-state index in [0.29, 0.717) is 28.8 Å². The molecule has 2 heterocycles. The first kappa shape index (κ1) is 22.8. The van der Waals surface area contributed by atoms with Crippen LogP contribution in [0.5, 0.6) is 0 Å². The highest BCUT2D eigenvalue weighted by Gasteiger charge is 2.22. The van der Waals surface area contributed by atoms with E-state index in [2.05, 4.69) is 15.5 Å². The molecule has 1 aromatic carbocycles. The van der Waals surface area contributed by atoms with E-state index < -0.39 is 0 Å². The van der Waals surface area contributed by atoms with Gasteiger partial charge in [-0.15, -0.1) is 0 Å². The third kappa shape index (κ3) is 6.29. The number of hydrogen-bond donors (Lipinski definition) is 1. The van der Waals surface area contributed by atoms with Crippen molar-refractivity contribution in [3.63, 3.8) is 0 Å². The number of aromatic nitrogens is 2. The normalized spacial score (nSPS) is 10.9. The summed E-state index contributed by atoms with van der Waals surface area (Å²) >= 11 is 12.2. The van der Waals surface area contributed by atoms with Crippen LogP contribution in [0.25, 0.3) is 0 Å². The maximum Gasteiger partial charge on any atom is 0.273 e. The number of pyridine rings is 1. The number of benzene rings is 1. The lowest BCUT2D eigenvalue weighted by molar-refractivity contribution is 0.0713. The van der Waals surface area contributed by atoms with Crippen LogP contribution in [0.15, 0.2) is 53.3 Å². The number of carbonyl (C=O) groups is 2. The summed E-state index contributed by atoms with van der Waals surface area (Å²) in [5.74, 6) is 0.0623.